The Morgan fingerprint density at radius 3 is 2.57 bits per heavy atom. The first-order valence-corrected chi connectivity index (χ1v) is 7.24. The molecular formula is C16H17BrN2O2. The van der Waals surface area contributed by atoms with Gasteiger partial charge in [0.05, 0.1) is 23.0 Å². The summed E-state index contributed by atoms with van der Waals surface area (Å²) in [5.74, 6) is 0.469. The largest absolute Gasteiger partial charge is 0.496 e. The van der Waals surface area contributed by atoms with Crippen molar-refractivity contribution in [2.24, 2.45) is 0 Å². The van der Waals surface area contributed by atoms with Gasteiger partial charge in [-0.05, 0) is 65.2 Å². The lowest BCUT2D eigenvalue weighted by atomic mass is 10.1. The van der Waals surface area contributed by atoms with Gasteiger partial charge in [-0.1, -0.05) is 6.07 Å². The normalized spacial score (nSPS) is 10.3. The Hall–Kier alpha value is -2.01. The van der Waals surface area contributed by atoms with Crippen molar-refractivity contribution in [2.45, 2.75) is 13.8 Å². The molecule has 2 aromatic rings. The molecule has 4 nitrogen and oxygen atoms in total. The first-order chi connectivity index (χ1) is 9.93. The van der Waals surface area contributed by atoms with Crippen LogP contribution in [0.25, 0.3) is 0 Å². The number of nitrogens with one attached hydrogen (secondary N) is 1. The van der Waals surface area contributed by atoms with Crippen LogP contribution in [0.2, 0.25) is 0 Å². The molecule has 0 spiro atoms. The van der Waals surface area contributed by atoms with E-state index in [0.29, 0.717) is 22.7 Å². The van der Waals surface area contributed by atoms with E-state index in [0.717, 1.165) is 15.6 Å². The van der Waals surface area contributed by atoms with Crippen molar-refractivity contribution in [3.8, 4) is 5.75 Å². The van der Waals surface area contributed by atoms with E-state index in [4.69, 9.17) is 10.5 Å². The van der Waals surface area contributed by atoms with Crippen molar-refractivity contribution in [3.63, 3.8) is 0 Å². The van der Waals surface area contributed by atoms with Crippen LogP contribution < -0.4 is 15.8 Å². The number of ether oxygens (including phenoxy) is 1. The molecule has 0 aromatic heterocycles. The number of rotatable bonds is 3. The summed E-state index contributed by atoms with van der Waals surface area (Å²) >= 11 is 3.37. The molecule has 0 radical (unpaired) electrons. The van der Waals surface area contributed by atoms with Gasteiger partial charge in [-0.3, -0.25) is 4.79 Å². The molecule has 2 aromatic carbocycles. The molecule has 2 rings (SSSR count). The van der Waals surface area contributed by atoms with Gasteiger partial charge in [0.2, 0.25) is 0 Å². The summed E-state index contributed by atoms with van der Waals surface area (Å²) in [5, 5.41) is 2.87. The topological polar surface area (TPSA) is 64.3 Å². The van der Waals surface area contributed by atoms with Gasteiger partial charge in [-0.15, -0.1) is 0 Å². The smallest absolute Gasteiger partial charge is 0.255 e. The second-order valence-electron chi connectivity index (χ2n) is 4.78. The maximum Gasteiger partial charge on any atom is 0.255 e. The molecule has 0 saturated heterocycles. The molecule has 5 heteroatoms. The number of halogens is 1. The second kappa shape index (κ2) is 6.18. The molecule has 0 unspecified atom stereocenters. The molecular weight excluding hydrogens is 332 g/mol. The van der Waals surface area contributed by atoms with E-state index in [1.807, 2.05) is 19.9 Å². The number of amides is 1. The van der Waals surface area contributed by atoms with Crippen LogP contribution in [-0.4, -0.2) is 13.0 Å². The zero-order valence-electron chi connectivity index (χ0n) is 12.2. The van der Waals surface area contributed by atoms with Crippen LogP contribution in [0.15, 0.2) is 34.8 Å². The van der Waals surface area contributed by atoms with Crippen LogP contribution in [0.4, 0.5) is 11.4 Å². The molecule has 0 aliphatic heterocycles. The van der Waals surface area contributed by atoms with Crippen LogP contribution in [0, 0.1) is 13.8 Å². The number of anilines is 2. The minimum absolute atomic E-state index is 0.209. The minimum Gasteiger partial charge on any atom is -0.496 e. The Morgan fingerprint density at radius 2 is 1.95 bits per heavy atom. The molecule has 0 aliphatic carbocycles. The van der Waals surface area contributed by atoms with Crippen molar-refractivity contribution in [1.29, 1.82) is 0 Å². The minimum atomic E-state index is -0.209. The van der Waals surface area contributed by atoms with Gasteiger partial charge in [0, 0.05) is 5.56 Å². The predicted octanol–water partition coefficient (Wildman–Crippen LogP) is 3.91. The Morgan fingerprint density at radius 1 is 1.24 bits per heavy atom. The lowest BCUT2D eigenvalue weighted by Crippen LogP contribution is -2.14. The zero-order chi connectivity index (χ0) is 15.6. The maximum atomic E-state index is 12.4. The van der Waals surface area contributed by atoms with E-state index in [1.54, 1.807) is 31.4 Å². The Kier molecular flexibility index (Phi) is 4.53. The van der Waals surface area contributed by atoms with E-state index >= 15 is 0 Å². The van der Waals surface area contributed by atoms with Gasteiger partial charge in [0.1, 0.15) is 5.75 Å². The zero-order valence-corrected chi connectivity index (χ0v) is 13.7. The molecule has 1 amide bonds. The van der Waals surface area contributed by atoms with Crippen molar-refractivity contribution in [3.05, 3.63) is 51.5 Å². The van der Waals surface area contributed by atoms with E-state index in [1.165, 1.54) is 0 Å². The molecule has 0 heterocycles. The number of methoxy groups -OCH3 is 1. The lowest BCUT2D eigenvalue weighted by molar-refractivity contribution is 0.102. The molecule has 0 bridgehead atoms. The number of hydrogen-bond donors (Lipinski definition) is 2. The Balaban J connectivity index is 2.30. The summed E-state index contributed by atoms with van der Waals surface area (Å²) in [7, 11) is 1.58. The van der Waals surface area contributed by atoms with E-state index in [-0.39, 0.29) is 5.91 Å². The highest BCUT2D eigenvalue weighted by molar-refractivity contribution is 9.10. The average molecular weight is 349 g/mol. The number of aryl methyl sites for hydroxylation is 1. The van der Waals surface area contributed by atoms with Crippen LogP contribution >= 0.6 is 15.9 Å². The fraction of sp³-hybridized carbons (Fsp3) is 0.188. The third kappa shape index (κ3) is 3.19. The molecule has 110 valence electrons. The summed E-state index contributed by atoms with van der Waals surface area (Å²) in [6.07, 6.45) is 0. The third-order valence-corrected chi connectivity index (χ3v) is 4.04. The standard InChI is InChI=1S/C16H17BrN2O2/c1-9-4-6-13(18)15(10(9)2)19-16(20)11-5-7-14(21-3)12(17)8-11/h4-8H,18H2,1-3H3,(H,19,20). The molecule has 0 saturated carbocycles. The van der Waals surface area contributed by atoms with Crippen LogP contribution in [0.3, 0.4) is 0 Å². The second-order valence-corrected chi connectivity index (χ2v) is 5.63. The molecule has 0 aliphatic rings. The van der Waals surface area contributed by atoms with E-state index < -0.39 is 0 Å². The van der Waals surface area contributed by atoms with Crippen molar-refractivity contribution >= 4 is 33.2 Å². The van der Waals surface area contributed by atoms with Gasteiger partial charge in [-0.2, -0.15) is 0 Å². The number of hydrogen-bond acceptors (Lipinski definition) is 3. The van der Waals surface area contributed by atoms with Crippen LogP contribution in [0.5, 0.6) is 5.75 Å². The van der Waals surface area contributed by atoms with Crippen molar-refractivity contribution < 1.29 is 9.53 Å². The van der Waals surface area contributed by atoms with E-state index in [2.05, 4.69) is 21.2 Å². The van der Waals surface area contributed by atoms with Crippen molar-refractivity contribution in [1.82, 2.24) is 0 Å². The average Bonchev–Trinajstić information content (AvgIpc) is 2.47. The van der Waals surface area contributed by atoms with Gasteiger partial charge in [0.25, 0.3) is 5.91 Å². The summed E-state index contributed by atoms with van der Waals surface area (Å²) in [6, 6.07) is 8.90. The summed E-state index contributed by atoms with van der Waals surface area (Å²) in [5.41, 5.74) is 9.74. The van der Waals surface area contributed by atoms with Gasteiger partial charge in [0.15, 0.2) is 0 Å². The number of nitrogens with two attached hydrogens (primary N) is 1. The quantitative estimate of drug-likeness (QED) is 0.826. The fourth-order valence-electron chi connectivity index (χ4n) is 2.00. The molecule has 3 N–H and O–H groups in total. The Bertz CT molecular complexity index is 699. The van der Waals surface area contributed by atoms with Crippen molar-refractivity contribution in [2.75, 3.05) is 18.2 Å². The maximum absolute atomic E-state index is 12.4. The molecule has 0 atom stereocenters. The summed E-state index contributed by atoms with van der Waals surface area (Å²) in [6.45, 7) is 3.92. The Labute approximate surface area is 132 Å². The summed E-state index contributed by atoms with van der Waals surface area (Å²) < 4.78 is 5.88. The predicted molar refractivity (Wildman–Crippen MR) is 89.0 cm³/mol. The monoisotopic (exact) mass is 348 g/mol. The first kappa shape index (κ1) is 15.4. The SMILES string of the molecule is COc1ccc(C(=O)Nc2c(N)ccc(C)c2C)cc1Br. The third-order valence-electron chi connectivity index (χ3n) is 3.42. The fourth-order valence-corrected chi connectivity index (χ4v) is 2.54. The highest BCUT2D eigenvalue weighted by Gasteiger charge is 2.13. The highest BCUT2D eigenvalue weighted by atomic mass is 79.9. The number of nitrogen functional groups attached to an aromatic ring is 1. The summed E-state index contributed by atoms with van der Waals surface area (Å²) in [4.78, 5) is 12.4. The molecule has 0 fully saturated rings. The van der Waals surface area contributed by atoms with Gasteiger partial charge >= 0.3 is 0 Å². The van der Waals surface area contributed by atoms with Gasteiger partial charge in [-0.25, -0.2) is 0 Å². The first-order valence-electron chi connectivity index (χ1n) is 6.44. The van der Waals surface area contributed by atoms with Crippen LogP contribution in [0.1, 0.15) is 21.5 Å². The van der Waals surface area contributed by atoms with Crippen LogP contribution in [-0.2, 0) is 0 Å². The number of benzene rings is 2. The number of carbonyl (C=O) groups excluding carboxylic acids is 1. The van der Waals surface area contributed by atoms with Gasteiger partial charge < -0.3 is 15.8 Å². The highest BCUT2D eigenvalue weighted by Crippen LogP contribution is 2.28. The van der Waals surface area contributed by atoms with E-state index in [9.17, 15) is 4.79 Å². The number of carbonyl (C=O) groups is 1. The lowest BCUT2D eigenvalue weighted by Gasteiger charge is -2.14. The molecule has 21 heavy (non-hydrogen) atoms.